The highest BCUT2D eigenvalue weighted by Crippen LogP contribution is 2.48. The number of hydrogen-bond donors (Lipinski definition) is 0. The number of aromatic nitrogens is 1. The summed E-state index contributed by atoms with van der Waals surface area (Å²) >= 11 is 5.68. The number of rotatable bonds is 6. The molecule has 10 heteroatoms. The molecule has 8 nitrogen and oxygen atoms in total. The number of aryl methyl sites for hydroxylation is 1. The van der Waals surface area contributed by atoms with Gasteiger partial charge in [-0.25, -0.2) is 9.18 Å². The van der Waals surface area contributed by atoms with Crippen molar-refractivity contribution in [2.45, 2.75) is 38.6 Å². The van der Waals surface area contributed by atoms with E-state index in [0.717, 1.165) is 6.42 Å². The SMILES string of the molecule is [C-]#[N+]c1ncc(N2C(=O)C3(CCC3)N(c3ccc(OCC(=O)OCC)c(F)c3)C2=S)cc1C. The Labute approximate surface area is 195 Å². The van der Waals surface area contributed by atoms with Gasteiger partial charge in [-0.15, -0.1) is 4.98 Å². The van der Waals surface area contributed by atoms with Gasteiger partial charge in [0.2, 0.25) is 0 Å². The summed E-state index contributed by atoms with van der Waals surface area (Å²) in [6.45, 7) is 10.4. The second kappa shape index (κ2) is 8.75. The van der Waals surface area contributed by atoms with Gasteiger partial charge in [0.05, 0.1) is 12.3 Å². The van der Waals surface area contributed by atoms with E-state index < -0.39 is 23.9 Å². The summed E-state index contributed by atoms with van der Waals surface area (Å²) in [7, 11) is 0. The van der Waals surface area contributed by atoms with Crippen LogP contribution in [0, 0.1) is 19.3 Å². The lowest BCUT2D eigenvalue weighted by molar-refractivity contribution is -0.145. The zero-order valence-electron chi connectivity index (χ0n) is 18.1. The van der Waals surface area contributed by atoms with Crippen molar-refractivity contribution in [1.82, 2.24) is 4.98 Å². The normalized spacial score (nSPS) is 16.5. The molecule has 1 aliphatic carbocycles. The molecule has 1 spiro atoms. The lowest BCUT2D eigenvalue weighted by Gasteiger charge is -2.43. The Morgan fingerprint density at radius 2 is 2.09 bits per heavy atom. The summed E-state index contributed by atoms with van der Waals surface area (Å²) in [6.07, 6.45) is 3.46. The van der Waals surface area contributed by atoms with E-state index in [1.54, 1.807) is 30.9 Å². The first-order valence-electron chi connectivity index (χ1n) is 10.4. The monoisotopic (exact) mass is 468 g/mol. The van der Waals surface area contributed by atoms with E-state index in [1.165, 1.54) is 23.2 Å². The van der Waals surface area contributed by atoms with E-state index in [0.29, 0.717) is 29.8 Å². The molecule has 1 aliphatic heterocycles. The average Bonchev–Trinajstić information content (AvgIpc) is 2.99. The van der Waals surface area contributed by atoms with E-state index in [-0.39, 0.29) is 29.2 Å². The number of pyridine rings is 1. The first-order valence-corrected chi connectivity index (χ1v) is 10.8. The molecule has 1 saturated carbocycles. The van der Waals surface area contributed by atoms with Gasteiger partial charge in [0.25, 0.3) is 11.7 Å². The molecule has 33 heavy (non-hydrogen) atoms. The zero-order valence-corrected chi connectivity index (χ0v) is 18.9. The summed E-state index contributed by atoms with van der Waals surface area (Å²) in [5.74, 6) is -1.31. The summed E-state index contributed by atoms with van der Waals surface area (Å²) < 4.78 is 24.8. The van der Waals surface area contributed by atoms with Gasteiger partial charge in [-0.3, -0.25) is 9.69 Å². The van der Waals surface area contributed by atoms with Crippen molar-refractivity contribution in [2.24, 2.45) is 0 Å². The minimum atomic E-state index is -0.886. The van der Waals surface area contributed by atoms with Crippen LogP contribution in [0.2, 0.25) is 0 Å². The molecule has 170 valence electrons. The van der Waals surface area contributed by atoms with Gasteiger partial charge < -0.3 is 19.2 Å². The molecule has 0 bridgehead atoms. The number of carbonyl (C=O) groups is 2. The van der Waals surface area contributed by atoms with Gasteiger partial charge in [-0.1, -0.05) is 6.57 Å². The van der Waals surface area contributed by atoms with Gasteiger partial charge in [0, 0.05) is 11.8 Å². The van der Waals surface area contributed by atoms with Crippen molar-refractivity contribution < 1.29 is 23.5 Å². The minimum Gasteiger partial charge on any atom is -0.479 e. The second-order valence-electron chi connectivity index (χ2n) is 7.80. The number of thiocarbonyl (C=S) groups is 1. The Bertz CT molecular complexity index is 1190. The summed E-state index contributed by atoms with van der Waals surface area (Å²) in [5.41, 5.74) is 0.634. The van der Waals surface area contributed by atoms with Gasteiger partial charge in [-0.05, 0) is 69.1 Å². The standard InChI is InChI=1S/C23H21FN4O4S/c1-4-31-19(29)13-32-18-7-6-15(11-17(18)24)28-22(33)27(21(30)23(28)8-5-9-23)16-10-14(2)20(25-3)26-12-16/h6-7,10-12H,4-5,8-9,13H2,1-2H3. The van der Waals surface area contributed by atoms with Crippen LogP contribution in [0.3, 0.4) is 0 Å². The second-order valence-corrected chi connectivity index (χ2v) is 8.16. The first-order chi connectivity index (χ1) is 15.8. The predicted octanol–water partition coefficient (Wildman–Crippen LogP) is 4.08. The van der Waals surface area contributed by atoms with Crippen molar-refractivity contribution in [2.75, 3.05) is 23.0 Å². The number of ether oxygens (including phenoxy) is 2. The molecule has 2 fully saturated rings. The molecule has 1 saturated heterocycles. The number of hydrogen-bond acceptors (Lipinski definition) is 6. The fourth-order valence-corrected chi connectivity index (χ4v) is 4.55. The third kappa shape index (κ3) is 3.78. The van der Waals surface area contributed by atoms with Crippen molar-refractivity contribution in [3.63, 3.8) is 0 Å². The highest BCUT2D eigenvalue weighted by molar-refractivity contribution is 7.81. The van der Waals surface area contributed by atoms with Crippen LogP contribution in [0.1, 0.15) is 31.7 Å². The molecule has 4 rings (SSSR count). The van der Waals surface area contributed by atoms with E-state index in [1.807, 2.05) is 0 Å². The van der Waals surface area contributed by atoms with E-state index in [9.17, 15) is 14.0 Å². The molecule has 0 radical (unpaired) electrons. The number of esters is 1. The summed E-state index contributed by atoms with van der Waals surface area (Å²) in [6, 6.07) is 5.96. The van der Waals surface area contributed by atoms with Crippen LogP contribution >= 0.6 is 12.2 Å². The van der Waals surface area contributed by atoms with Gasteiger partial charge >= 0.3 is 5.97 Å². The maximum atomic E-state index is 14.8. The smallest absolute Gasteiger partial charge is 0.344 e. The molecule has 1 aromatic carbocycles. The number of amides is 1. The average molecular weight is 469 g/mol. The van der Waals surface area contributed by atoms with Gasteiger partial charge in [0.15, 0.2) is 23.3 Å². The van der Waals surface area contributed by atoms with E-state index >= 15 is 0 Å². The molecule has 2 aromatic rings. The molecular formula is C23H21FN4O4S. The van der Waals surface area contributed by atoms with Crippen molar-refractivity contribution >= 4 is 46.4 Å². The van der Waals surface area contributed by atoms with Crippen LogP contribution in [0.4, 0.5) is 21.6 Å². The Morgan fingerprint density at radius 1 is 1.33 bits per heavy atom. The Kier molecular flexibility index (Phi) is 5.99. The summed E-state index contributed by atoms with van der Waals surface area (Å²) in [5, 5.41) is 0.219. The fraction of sp³-hybridized carbons (Fsp3) is 0.348. The predicted molar refractivity (Wildman–Crippen MR) is 123 cm³/mol. The molecule has 2 aliphatic rings. The lowest BCUT2D eigenvalue weighted by atomic mass is 9.75. The number of anilines is 2. The molecular weight excluding hydrogens is 447 g/mol. The third-order valence-corrected chi connectivity index (χ3v) is 6.18. The quantitative estimate of drug-likeness (QED) is 0.359. The molecule has 0 N–H and O–H groups in total. The van der Waals surface area contributed by atoms with Crippen molar-refractivity contribution in [3.05, 3.63) is 53.3 Å². The topological polar surface area (TPSA) is 76.3 Å². The molecule has 2 heterocycles. The molecule has 0 atom stereocenters. The Balaban J connectivity index is 1.65. The van der Waals surface area contributed by atoms with Crippen LogP contribution in [0.15, 0.2) is 30.5 Å². The highest BCUT2D eigenvalue weighted by Gasteiger charge is 2.59. The van der Waals surface area contributed by atoms with Crippen LogP contribution in [0.5, 0.6) is 5.75 Å². The zero-order chi connectivity index (χ0) is 23.8. The van der Waals surface area contributed by atoms with Crippen molar-refractivity contribution in [3.8, 4) is 5.75 Å². The molecule has 0 unspecified atom stereocenters. The third-order valence-electron chi connectivity index (χ3n) is 5.82. The van der Waals surface area contributed by atoms with Crippen LogP contribution in [-0.2, 0) is 14.3 Å². The maximum absolute atomic E-state index is 14.8. The highest BCUT2D eigenvalue weighted by atomic mass is 32.1. The lowest BCUT2D eigenvalue weighted by Crippen LogP contribution is -2.55. The molecule has 1 aromatic heterocycles. The van der Waals surface area contributed by atoms with Gasteiger partial charge in [-0.2, -0.15) is 0 Å². The number of carbonyl (C=O) groups excluding carboxylic acids is 2. The Morgan fingerprint density at radius 3 is 2.67 bits per heavy atom. The van der Waals surface area contributed by atoms with E-state index in [2.05, 4.69) is 9.83 Å². The molecule has 1 amide bonds. The van der Waals surface area contributed by atoms with Crippen LogP contribution in [-0.4, -0.2) is 40.7 Å². The maximum Gasteiger partial charge on any atom is 0.344 e. The van der Waals surface area contributed by atoms with Crippen molar-refractivity contribution in [1.29, 1.82) is 0 Å². The summed E-state index contributed by atoms with van der Waals surface area (Å²) in [4.78, 5) is 35.6. The first kappa shape index (κ1) is 22.6. The van der Waals surface area contributed by atoms with Gasteiger partial charge in [0.1, 0.15) is 11.7 Å². The van der Waals surface area contributed by atoms with Crippen LogP contribution in [0.25, 0.3) is 4.85 Å². The fourth-order valence-electron chi connectivity index (χ4n) is 4.09. The van der Waals surface area contributed by atoms with E-state index in [4.69, 9.17) is 28.3 Å². The number of benzene rings is 1. The Hall–Kier alpha value is -3.58. The minimum absolute atomic E-state index is 0.0997. The number of nitrogens with zero attached hydrogens (tertiary/aromatic N) is 4. The number of halogens is 1. The van der Waals surface area contributed by atoms with Crippen LogP contribution < -0.4 is 14.5 Å². The largest absolute Gasteiger partial charge is 0.479 e.